The maximum absolute atomic E-state index is 5.72. The maximum atomic E-state index is 5.72. The Kier molecular flexibility index (Phi) is 5.00. The molecule has 27 heavy (non-hydrogen) atoms. The fraction of sp³-hybridized carbons (Fsp3) is 0.368. The molecule has 0 amide bonds. The highest BCUT2D eigenvalue weighted by atomic mass is 32.1. The molecule has 4 rings (SSSR count). The quantitative estimate of drug-likeness (QED) is 0.541. The summed E-state index contributed by atoms with van der Waals surface area (Å²) in [6.45, 7) is 5.53. The van der Waals surface area contributed by atoms with Crippen molar-refractivity contribution in [1.82, 2.24) is 24.7 Å². The lowest BCUT2D eigenvalue weighted by atomic mass is 10.2. The number of aromatic amines is 1. The number of nitrogens with one attached hydrogen (secondary N) is 1. The number of benzene rings is 1. The molecule has 1 atom stereocenters. The monoisotopic (exact) mass is 382 g/mol. The van der Waals surface area contributed by atoms with Gasteiger partial charge in [-0.3, -0.25) is 9.78 Å². The van der Waals surface area contributed by atoms with Crippen molar-refractivity contribution in [2.24, 2.45) is 5.10 Å². The Morgan fingerprint density at radius 3 is 2.89 bits per heavy atom. The van der Waals surface area contributed by atoms with Crippen LogP contribution in [0, 0.1) is 18.6 Å². The Balaban J connectivity index is 1.62. The standard InChI is InChI=1S/C19H22N6OS/c1-13-16(14(2)24(23-13)12-15-7-4-3-5-8-15)11-20-25-18(21-22-19(25)27)17-9-6-10-26-17/h3-5,7-8,11,17H,6,9-10,12H2,1-2H3,(H,22,27)/b20-11-/t17-/m1/s1. The van der Waals surface area contributed by atoms with Crippen LogP contribution in [0.5, 0.6) is 0 Å². The van der Waals surface area contributed by atoms with Crippen molar-refractivity contribution in [2.45, 2.75) is 39.3 Å². The van der Waals surface area contributed by atoms with E-state index in [1.165, 1.54) is 5.56 Å². The van der Waals surface area contributed by atoms with Crippen LogP contribution in [0.1, 0.15) is 47.3 Å². The van der Waals surface area contributed by atoms with Gasteiger partial charge in [0.1, 0.15) is 6.10 Å². The molecule has 0 saturated carbocycles. The fourth-order valence-corrected chi connectivity index (χ4v) is 3.51. The van der Waals surface area contributed by atoms with Gasteiger partial charge >= 0.3 is 0 Å². The van der Waals surface area contributed by atoms with E-state index in [2.05, 4.69) is 39.5 Å². The number of nitrogens with zero attached hydrogens (tertiary/aromatic N) is 5. The molecule has 1 aromatic carbocycles. The largest absolute Gasteiger partial charge is 0.370 e. The van der Waals surface area contributed by atoms with Gasteiger partial charge in [0.25, 0.3) is 0 Å². The molecule has 1 saturated heterocycles. The van der Waals surface area contributed by atoms with E-state index < -0.39 is 0 Å². The second kappa shape index (κ2) is 7.58. The van der Waals surface area contributed by atoms with Gasteiger partial charge in [-0.2, -0.15) is 20.0 Å². The van der Waals surface area contributed by atoms with Gasteiger partial charge in [0.05, 0.1) is 18.5 Å². The zero-order valence-electron chi connectivity index (χ0n) is 15.4. The minimum Gasteiger partial charge on any atom is -0.370 e. The summed E-state index contributed by atoms with van der Waals surface area (Å²) in [5.41, 5.74) is 4.20. The van der Waals surface area contributed by atoms with E-state index in [0.717, 1.165) is 48.8 Å². The summed E-state index contributed by atoms with van der Waals surface area (Å²) in [6, 6.07) is 10.3. The van der Waals surface area contributed by atoms with Gasteiger partial charge in [-0.05, 0) is 44.5 Å². The minimum absolute atomic E-state index is 0.0573. The van der Waals surface area contributed by atoms with Crippen molar-refractivity contribution in [3.8, 4) is 0 Å². The van der Waals surface area contributed by atoms with Gasteiger partial charge < -0.3 is 4.74 Å². The van der Waals surface area contributed by atoms with Gasteiger partial charge in [0.2, 0.25) is 4.77 Å². The van der Waals surface area contributed by atoms with Crippen LogP contribution in [0.15, 0.2) is 35.4 Å². The van der Waals surface area contributed by atoms with Crippen LogP contribution in [0.25, 0.3) is 0 Å². The lowest BCUT2D eigenvalue weighted by Gasteiger charge is -2.07. The Bertz CT molecular complexity index is 1010. The number of rotatable bonds is 5. The Morgan fingerprint density at radius 2 is 2.15 bits per heavy atom. The smallest absolute Gasteiger partial charge is 0.216 e. The number of H-pyrrole nitrogens is 1. The Hall–Kier alpha value is -2.58. The first-order valence-electron chi connectivity index (χ1n) is 9.04. The van der Waals surface area contributed by atoms with E-state index >= 15 is 0 Å². The first-order valence-corrected chi connectivity index (χ1v) is 9.45. The first-order chi connectivity index (χ1) is 13.1. The molecule has 8 heteroatoms. The molecule has 0 spiro atoms. The summed E-state index contributed by atoms with van der Waals surface area (Å²) >= 11 is 5.34. The van der Waals surface area contributed by atoms with E-state index in [0.29, 0.717) is 4.77 Å². The molecule has 0 unspecified atom stereocenters. The summed E-state index contributed by atoms with van der Waals surface area (Å²) < 4.78 is 9.84. The van der Waals surface area contributed by atoms with Crippen LogP contribution in [-0.4, -0.2) is 37.5 Å². The molecule has 0 radical (unpaired) electrons. The van der Waals surface area contributed by atoms with Crippen LogP contribution >= 0.6 is 12.2 Å². The zero-order chi connectivity index (χ0) is 18.8. The lowest BCUT2D eigenvalue weighted by molar-refractivity contribution is 0.102. The second-order valence-electron chi connectivity index (χ2n) is 6.67. The molecule has 1 fully saturated rings. The summed E-state index contributed by atoms with van der Waals surface area (Å²) in [4.78, 5) is 0. The molecule has 2 aromatic heterocycles. The molecular weight excluding hydrogens is 360 g/mol. The van der Waals surface area contributed by atoms with Gasteiger partial charge in [-0.25, -0.2) is 0 Å². The van der Waals surface area contributed by atoms with Crippen LogP contribution < -0.4 is 0 Å². The van der Waals surface area contributed by atoms with E-state index in [9.17, 15) is 0 Å². The van der Waals surface area contributed by atoms with Gasteiger partial charge in [-0.1, -0.05) is 30.3 Å². The predicted octanol–water partition coefficient (Wildman–Crippen LogP) is 3.54. The first kappa shape index (κ1) is 17.8. The highest BCUT2D eigenvalue weighted by Gasteiger charge is 2.23. The Labute approximate surface area is 162 Å². The summed E-state index contributed by atoms with van der Waals surface area (Å²) in [6.07, 6.45) is 3.71. The molecule has 1 aliphatic heterocycles. The molecule has 140 valence electrons. The predicted molar refractivity (Wildman–Crippen MR) is 106 cm³/mol. The van der Waals surface area contributed by atoms with Crippen molar-refractivity contribution in [2.75, 3.05) is 6.61 Å². The van der Waals surface area contributed by atoms with Crippen LogP contribution in [0.4, 0.5) is 0 Å². The highest BCUT2D eigenvalue weighted by molar-refractivity contribution is 7.71. The molecular formula is C19H22N6OS. The highest BCUT2D eigenvalue weighted by Crippen LogP contribution is 2.27. The van der Waals surface area contributed by atoms with Crippen molar-refractivity contribution < 1.29 is 4.74 Å². The average molecular weight is 382 g/mol. The van der Waals surface area contributed by atoms with E-state index in [1.54, 1.807) is 4.68 Å². The van der Waals surface area contributed by atoms with E-state index in [1.807, 2.05) is 36.0 Å². The van der Waals surface area contributed by atoms with Gasteiger partial charge in [0, 0.05) is 17.9 Å². The van der Waals surface area contributed by atoms with Crippen LogP contribution in [-0.2, 0) is 11.3 Å². The average Bonchev–Trinajstić information content (AvgIpc) is 3.37. The number of aryl methyl sites for hydroxylation is 1. The van der Waals surface area contributed by atoms with Gasteiger partial charge in [0.15, 0.2) is 5.82 Å². The third kappa shape index (κ3) is 3.63. The minimum atomic E-state index is -0.0573. The van der Waals surface area contributed by atoms with Crippen LogP contribution in [0.2, 0.25) is 0 Å². The molecule has 1 aliphatic rings. The fourth-order valence-electron chi connectivity index (χ4n) is 3.33. The SMILES string of the molecule is Cc1nn(Cc2ccccc2)c(C)c1/C=N\n1c([C@H]2CCCO2)n[nH]c1=S. The number of hydrogen-bond acceptors (Lipinski definition) is 5. The molecule has 3 aromatic rings. The van der Waals surface area contributed by atoms with E-state index in [4.69, 9.17) is 17.0 Å². The summed E-state index contributed by atoms with van der Waals surface area (Å²) in [5.74, 6) is 0.723. The van der Waals surface area contributed by atoms with Gasteiger partial charge in [-0.15, -0.1) is 0 Å². The maximum Gasteiger partial charge on any atom is 0.216 e. The molecule has 7 nitrogen and oxygen atoms in total. The normalized spacial score (nSPS) is 17.2. The summed E-state index contributed by atoms with van der Waals surface area (Å²) in [7, 11) is 0. The van der Waals surface area contributed by atoms with Crippen molar-refractivity contribution >= 4 is 18.4 Å². The number of aromatic nitrogens is 5. The number of ether oxygens (including phenoxy) is 1. The van der Waals surface area contributed by atoms with Crippen molar-refractivity contribution in [3.63, 3.8) is 0 Å². The zero-order valence-corrected chi connectivity index (χ0v) is 16.2. The third-order valence-corrected chi connectivity index (χ3v) is 5.07. The topological polar surface area (TPSA) is 73.0 Å². The third-order valence-electron chi connectivity index (χ3n) is 4.81. The lowest BCUT2D eigenvalue weighted by Crippen LogP contribution is -2.06. The molecule has 0 bridgehead atoms. The molecule has 0 aliphatic carbocycles. The second-order valence-corrected chi connectivity index (χ2v) is 7.06. The molecule has 1 N–H and O–H groups in total. The van der Waals surface area contributed by atoms with Crippen molar-refractivity contribution in [3.05, 3.63) is 63.4 Å². The number of hydrogen-bond donors (Lipinski definition) is 1. The van der Waals surface area contributed by atoms with Crippen molar-refractivity contribution in [1.29, 1.82) is 0 Å². The Morgan fingerprint density at radius 1 is 1.33 bits per heavy atom. The molecule has 3 heterocycles. The van der Waals surface area contributed by atoms with Crippen LogP contribution in [0.3, 0.4) is 0 Å². The summed E-state index contributed by atoms with van der Waals surface area (Å²) in [5, 5.41) is 16.4. The van der Waals surface area contributed by atoms with E-state index in [-0.39, 0.29) is 6.10 Å².